The summed E-state index contributed by atoms with van der Waals surface area (Å²) in [6.07, 6.45) is 1.56. The van der Waals surface area contributed by atoms with E-state index in [0.717, 1.165) is 5.56 Å². The Kier molecular flexibility index (Phi) is 5.65. The Labute approximate surface area is 160 Å². The SMILES string of the molecule is CC(C)c1ccc(N(C(=O)COc2ccccc2)[C@H]2C=CS(=O)(=O)C2)cc1. The number of hydrogen-bond donors (Lipinski definition) is 0. The minimum absolute atomic E-state index is 0.115. The van der Waals surface area contributed by atoms with Gasteiger partial charge in [-0.2, -0.15) is 0 Å². The predicted octanol–water partition coefficient (Wildman–Crippen LogP) is 3.53. The van der Waals surface area contributed by atoms with E-state index >= 15 is 0 Å². The molecule has 0 spiro atoms. The van der Waals surface area contributed by atoms with Gasteiger partial charge in [0.1, 0.15) is 5.75 Å². The summed E-state index contributed by atoms with van der Waals surface area (Å²) in [4.78, 5) is 14.4. The number of ether oxygens (including phenoxy) is 1. The Hall–Kier alpha value is -2.60. The first-order valence-electron chi connectivity index (χ1n) is 8.86. The van der Waals surface area contributed by atoms with Gasteiger partial charge in [0, 0.05) is 11.1 Å². The van der Waals surface area contributed by atoms with Crippen LogP contribution in [0.25, 0.3) is 0 Å². The Balaban J connectivity index is 1.83. The number of para-hydroxylation sites is 1. The van der Waals surface area contributed by atoms with Crippen LogP contribution in [0.1, 0.15) is 25.3 Å². The molecule has 3 rings (SSSR count). The molecule has 0 N–H and O–H groups in total. The number of nitrogens with zero attached hydrogens (tertiary/aromatic N) is 1. The number of benzene rings is 2. The van der Waals surface area contributed by atoms with Crippen LogP contribution in [0, 0.1) is 0 Å². The smallest absolute Gasteiger partial charge is 0.265 e. The first-order chi connectivity index (χ1) is 12.9. The van der Waals surface area contributed by atoms with Crippen molar-refractivity contribution in [3.63, 3.8) is 0 Å². The van der Waals surface area contributed by atoms with E-state index in [1.54, 1.807) is 18.2 Å². The zero-order chi connectivity index (χ0) is 19.4. The van der Waals surface area contributed by atoms with Crippen LogP contribution >= 0.6 is 0 Å². The Morgan fingerprint density at radius 3 is 2.33 bits per heavy atom. The van der Waals surface area contributed by atoms with Crippen molar-refractivity contribution in [2.75, 3.05) is 17.3 Å². The molecule has 142 valence electrons. The summed E-state index contributed by atoms with van der Waals surface area (Å²) in [6.45, 7) is 4.02. The molecule has 6 heteroatoms. The van der Waals surface area contributed by atoms with Crippen LogP contribution in [-0.4, -0.2) is 32.7 Å². The molecule has 0 aliphatic carbocycles. The van der Waals surface area contributed by atoms with E-state index in [4.69, 9.17) is 4.74 Å². The molecule has 2 aromatic rings. The first-order valence-corrected chi connectivity index (χ1v) is 10.6. The average molecular weight is 385 g/mol. The second kappa shape index (κ2) is 7.96. The lowest BCUT2D eigenvalue weighted by molar-refractivity contribution is -0.120. The minimum Gasteiger partial charge on any atom is -0.484 e. The third kappa shape index (κ3) is 4.77. The zero-order valence-corrected chi connectivity index (χ0v) is 16.2. The summed E-state index contributed by atoms with van der Waals surface area (Å²) < 4.78 is 29.3. The van der Waals surface area contributed by atoms with E-state index in [1.807, 2.05) is 42.5 Å². The first kappa shape index (κ1) is 19.2. The number of hydrogen-bond acceptors (Lipinski definition) is 4. The average Bonchev–Trinajstić information content (AvgIpc) is 3.01. The molecule has 2 aromatic carbocycles. The lowest BCUT2D eigenvalue weighted by Gasteiger charge is -2.28. The van der Waals surface area contributed by atoms with E-state index in [9.17, 15) is 13.2 Å². The normalized spacial score (nSPS) is 17.8. The van der Waals surface area contributed by atoms with Gasteiger partial charge in [-0.15, -0.1) is 0 Å². The highest BCUT2D eigenvalue weighted by molar-refractivity contribution is 7.94. The monoisotopic (exact) mass is 385 g/mol. The second-order valence-corrected chi connectivity index (χ2v) is 8.77. The zero-order valence-electron chi connectivity index (χ0n) is 15.4. The Bertz CT molecular complexity index is 918. The van der Waals surface area contributed by atoms with E-state index in [-0.39, 0.29) is 18.3 Å². The second-order valence-electron chi connectivity index (χ2n) is 6.84. The van der Waals surface area contributed by atoms with E-state index in [1.165, 1.54) is 10.3 Å². The molecule has 0 aromatic heterocycles. The van der Waals surface area contributed by atoms with Crippen molar-refractivity contribution in [1.82, 2.24) is 0 Å². The fraction of sp³-hybridized carbons (Fsp3) is 0.286. The standard InChI is InChI=1S/C21H23NO4S/c1-16(2)17-8-10-18(11-9-17)22(19-12-13-27(24,25)15-19)21(23)14-26-20-6-4-3-5-7-20/h3-13,16,19H,14-15H2,1-2H3/t19-/m0/s1. The van der Waals surface area contributed by atoms with Crippen molar-refractivity contribution in [3.05, 3.63) is 71.6 Å². The summed E-state index contributed by atoms with van der Waals surface area (Å²) >= 11 is 0. The van der Waals surface area contributed by atoms with Gasteiger partial charge >= 0.3 is 0 Å². The minimum atomic E-state index is -3.29. The lowest BCUT2D eigenvalue weighted by atomic mass is 10.0. The van der Waals surface area contributed by atoms with Gasteiger partial charge in [-0.3, -0.25) is 4.79 Å². The number of carbonyl (C=O) groups is 1. The highest BCUT2D eigenvalue weighted by Crippen LogP contribution is 2.25. The molecule has 1 aliphatic heterocycles. The van der Waals surface area contributed by atoms with E-state index < -0.39 is 15.9 Å². The molecule has 27 heavy (non-hydrogen) atoms. The molecule has 0 unspecified atom stereocenters. The highest BCUT2D eigenvalue weighted by Gasteiger charge is 2.31. The number of carbonyl (C=O) groups excluding carboxylic acids is 1. The largest absolute Gasteiger partial charge is 0.484 e. The maximum absolute atomic E-state index is 12.9. The summed E-state index contributed by atoms with van der Waals surface area (Å²) in [6, 6.07) is 16.2. The number of rotatable bonds is 6. The van der Waals surface area contributed by atoms with Gasteiger partial charge in [-0.05, 0) is 41.8 Å². The topological polar surface area (TPSA) is 63.7 Å². The third-order valence-corrected chi connectivity index (χ3v) is 5.83. The van der Waals surface area contributed by atoms with Crippen molar-refractivity contribution in [1.29, 1.82) is 0 Å². The van der Waals surface area contributed by atoms with Gasteiger partial charge in [-0.25, -0.2) is 8.42 Å². The molecule has 1 atom stereocenters. The molecule has 1 heterocycles. The molecule has 0 radical (unpaired) electrons. The van der Waals surface area contributed by atoms with Gasteiger partial charge in [0.25, 0.3) is 5.91 Å². The van der Waals surface area contributed by atoms with Gasteiger partial charge in [0.15, 0.2) is 16.4 Å². The van der Waals surface area contributed by atoms with Crippen LogP contribution in [0.2, 0.25) is 0 Å². The molecular weight excluding hydrogens is 362 g/mol. The maximum Gasteiger partial charge on any atom is 0.265 e. The Morgan fingerprint density at radius 1 is 1.11 bits per heavy atom. The number of anilines is 1. The quantitative estimate of drug-likeness (QED) is 0.763. The highest BCUT2D eigenvalue weighted by atomic mass is 32.2. The van der Waals surface area contributed by atoms with Crippen LogP contribution in [0.5, 0.6) is 5.75 Å². The number of amides is 1. The van der Waals surface area contributed by atoms with E-state index in [0.29, 0.717) is 17.4 Å². The molecule has 0 saturated carbocycles. The maximum atomic E-state index is 12.9. The fourth-order valence-electron chi connectivity index (χ4n) is 2.99. The van der Waals surface area contributed by atoms with Crippen LogP contribution in [-0.2, 0) is 14.6 Å². The third-order valence-electron chi connectivity index (χ3n) is 4.45. The van der Waals surface area contributed by atoms with Crippen LogP contribution in [0.4, 0.5) is 5.69 Å². The molecule has 1 amide bonds. The molecular formula is C21H23NO4S. The van der Waals surface area contributed by atoms with E-state index in [2.05, 4.69) is 13.8 Å². The Morgan fingerprint density at radius 2 is 1.78 bits per heavy atom. The summed E-state index contributed by atoms with van der Waals surface area (Å²) in [5, 5.41) is 1.18. The molecule has 1 aliphatic rings. The van der Waals surface area contributed by atoms with Crippen molar-refractivity contribution >= 4 is 21.4 Å². The van der Waals surface area contributed by atoms with Crippen LogP contribution < -0.4 is 9.64 Å². The van der Waals surface area contributed by atoms with Gasteiger partial charge in [0.2, 0.25) is 0 Å². The summed E-state index contributed by atoms with van der Waals surface area (Å²) in [5.74, 6) is 0.561. The van der Waals surface area contributed by atoms with Gasteiger partial charge < -0.3 is 9.64 Å². The van der Waals surface area contributed by atoms with Crippen LogP contribution in [0.15, 0.2) is 66.1 Å². The predicted molar refractivity (Wildman–Crippen MR) is 107 cm³/mol. The molecule has 5 nitrogen and oxygen atoms in total. The fourth-order valence-corrected chi connectivity index (χ4v) is 4.26. The van der Waals surface area contributed by atoms with Gasteiger partial charge in [0.05, 0.1) is 11.8 Å². The molecule has 0 saturated heterocycles. The van der Waals surface area contributed by atoms with Crippen molar-refractivity contribution in [2.45, 2.75) is 25.8 Å². The summed E-state index contributed by atoms with van der Waals surface area (Å²) in [7, 11) is -3.29. The van der Waals surface area contributed by atoms with Crippen molar-refractivity contribution in [2.24, 2.45) is 0 Å². The van der Waals surface area contributed by atoms with Crippen molar-refractivity contribution in [3.8, 4) is 5.75 Å². The lowest BCUT2D eigenvalue weighted by Crippen LogP contribution is -2.43. The van der Waals surface area contributed by atoms with Crippen molar-refractivity contribution < 1.29 is 17.9 Å². The molecule has 0 fully saturated rings. The molecule has 0 bridgehead atoms. The van der Waals surface area contributed by atoms with Gasteiger partial charge in [-0.1, -0.05) is 44.2 Å². The summed E-state index contributed by atoms with van der Waals surface area (Å²) in [5.41, 5.74) is 1.81. The van der Waals surface area contributed by atoms with Crippen LogP contribution in [0.3, 0.4) is 0 Å². The number of sulfone groups is 1.